The summed E-state index contributed by atoms with van der Waals surface area (Å²) < 4.78 is 8.46. The van der Waals surface area contributed by atoms with Crippen LogP contribution in [0.1, 0.15) is 61.4 Å². The molecule has 2 aromatic carbocycles. The van der Waals surface area contributed by atoms with Crippen molar-refractivity contribution in [2.75, 3.05) is 6.61 Å². The Bertz CT molecular complexity index is 933. The van der Waals surface area contributed by atoms with Crippen LogP contribution in [0.2, 0.25) is 5.02 Å². The minimum Gasteiger partial charge on any atom is -0.494 e. The number of para-hydroxylation sites is 2. The van der Waals surface area contributed by atoms with Crippen LogP contribution in [0.5, 0.6) is 5.75 Å². The highest BCUT2D eigenvalue weighted by molar-refractivity contribution is 6.32. The standard InChI is InChI=1S/C24H29ClN2O/c1-17-15-20(16-18(2)23(17)25)28-14-8-13-27-22-12-7-6-11-21(22)26-24(27)19-9-4-3-5-10-19/h6-7,11-12,15-16,19H,3-5,8-10,13-14H2,1-2H3. The Balaban J connectivity index is 1.47. The van der Waals surface area contributed by atoms with Crippen molar-refractivity contribution >= 4 is 22.6 Å². The monoisotopic (exact) mass is 396 g/mol. The molecule has 0 saturated heterocycles. The molecule has 3 aromatic rings. The van der Waals surface area contributed by atoms with Gasteiger partial charge in [-0.25, -0.2) is 4.98 Å². The second-order valence-corrected chi connectivity index (χ2v) is 8.40. The Morgan fingerprint density at radius 2 is 1.79 bits per heavy atom. The summed E-state index contributed by atoms with van der Waals surface area (Å²) in [5, 5.41) is 0.828. The maximum atomic E-state index is 6.26. The van der Waals surface area contributed by atoms with Gasteiger partial charge < -0.3 is 9.30 Å². The lowest BCUT2D eigenvalue weighted by atomic mass is 9.88. The van der Waals surface area contributed by atoms with Gasteiger partial charge in [0.05, 0.1) is 17.6 Å². The molecule has 148 valence electrons. The van der Waals surface area contributed by atoms with E-state index in [1.807, 2.05) is 26.0 Å². The number of hydrogen-bond acceptors (Lipinski definition) is 2. The first-order chi connectivity index (χ1) is 13.6. The average Bonchev–Trinajstić information content (AvgIpc) is 3.08. The summed E-state index contributed by atoms with van der Waals surface area (Å²) in [6, 6.07) is 12.6. The first kappa shape index (κ1) is 19.3. The number of halogens is 1. The largest absolute Gasteiger partial charge is 0.494 e. The van der Waals surface area contributed by atoms with E-state index in [1.165, 1.54) is 43.4 Å². The van der Waals surface area contributed by atoms with Gasteiger partial charge in [-0.05, 0) is 68.5 Å². The van der Waals surface area contributed by atoms with Crippen molar-refractivity contribution in [3.05, 3.63) is 58.4 Å². The molecule has 1 heterocycles. The van der Waals surface area contributed by atoms with Crippen LogP contribution in [0.25, 0.3) is 11.0 Å². The van der Waals surface area contributed by atoms with Gasteiger partial charge >= 0.3 is 0 Å². The van der Waals surface area contributed by atoms with Crippen molar-refractivity contribution in [2.24, 2.45) is 0 Å². The van der Waals surface area contributed by atoms with E-state index in [-0.39, 0.29) is 0 Å². The van der Waals surface area contributed by atoms with Crippen LogP contribution >= 0.6 is 11.6 Å². The molecule has 1 fully saturated rings. The molecule has 3 nitrogen and oxygen atoms in total. The van der Waals surface area contributed by atoms with Crippen molar-refractivity contribution in [2.45, 2.75) is 64.8 Å². The molecule has 1 aliphatic rings. The van der Waals surface area contributed by atoms with Crippen molar-refractivity contribution in [3.63, 3.8) is 0 Å². The highest BCUT2D eigenvalue weighted by Gasteiger charge is 2.22. The summed E-state index contributed by atoms with van der Waals surface area (Å²) in [6.07, 6.45) is 7.51. The number of hydrogen-bond donors (Lipinski definition) is 0. The first-order valence-electron chi connectivity index (χ1n) is 10.5. The molecule has 0 aliphatic heterocycles. The van der Waals surface area contributed by atoms with Crippen molar-refractivity contribution in [1.29, 1.82) is 0 Å². The fourth-order valence-electron chi connectivity index (χ4n) is 4.40. The fourth-order valence-corrected chi connectivity index (χ4v) is 4.51. The van der Waals surface area contributed by atoms with Gasteiger partial charge in [0, 0.05) is 17.5 Å². The summed E-state index contributed by atoms with van der Waals surface area (Å²) in [4.78, 5) is 5.01. The van der Waals surface area contributed by atoms with Gasteiger partial charge in [-0.15, -0.1) is 0 Å². The summed E-state index contributed by atoms with van der Waals surface area (Å²) in [5.74, 6) is 2.78. The zero-order valence-electron chi connectivity index (χ0n) is 16.9. The van der Waals surface area contributed by atoms with E-state index in [0.717, 1.165) is 40.4 Å². The number of aryl methyl sites for hydroxylation is 3. The van der Waals surface area contributed by atoms with E-state index < -0.39 is 0 Å². The van der Waals surface area contributed by atoms with Crippen LogP contribution in [-0.2, 0) is 6.54 Å². The number of aromatic nitrogens is 2. The third-order valence-electron chi connectivity index (χ3n) is 5.86. The predicted octanol–water partition coefficient (Wildman–Crippen LogP) is 6.82. The molecule has 0 unspecified atom stereocenters. The van der Waals surface area contributed by atoms with Crippen LogP contribution in [0, 0.1) is 13.8 Å². The molecule has 0 bridgehead atoms. The van der Waals surface area contributed by atoms with Gasteiger partial charge in [0.1, 0.15) is 11.6 Å². The SMILES string of the molecule is Cc1cc(OCCCn2c(C3CCCCC3)nc3ccccc32)cc(C)c1Cl. The number of imidazole rings is 1. The van der Waals surface area contributed by atoms with Gasteiger partial charge in [-0.2, -0.15) is 0 Å². The molecule has 0 amide bonds. The normalized spacial score (nSPS) is 15.2. The summed E-state index contributed by atoms with van der Waals surface area (Å²) in [6.45, 7) is 5.68. The highest BCUT2D eigenvalue weighted by atomic mass is 35.5. The molecule has 1 aromatic heterocycles. The number of fused-ring (bicyclic) bond motifs is 1. The lowest BCUT2D eigenvalue weighted by molar-refractivity contribution is 0.299. The molecule has 0 N–H and O–H groups in total. The van der Waals surface area contributed by atoms with Crippen molar-refractivity contribution in [3.8, 4) is 5.75 Å². The predicted molar refractivity (Wildman–Crippen MR) is 117 cm³/mol. The maximum Gasteiger partial charge on any atom is 0.119 e. The molecular weight excluding hydrogens is 368 g/mol. The van der Waals surface area contributed by atoms with Crippen LogP contribution in [-0.4, -0.2) is 16.2 Å². The first-order valence-corrected chi connectivity index (χ1v) is 10.9. The van der Waals surface area contributed by atoms with Gasteiger partial charge in [0.15, 0.2) is 0 Å². The Labute approximate surface area is 172 Å². The summed E-state index contributed by atoms with van der Waals surface area (Å²) in [7, 11) is 0. The lowest BCUT2D eigenvalue weighted by Gasteiger charge is -2.22. The fraction of sp³-hybridized carbons (Fsp3) is 0.458. The maximum absolute atomic E-state index is 6.26. The van der Waals surface area contributed by atoms with Crippen molar-refractivity contribution < 1.29 is 4.74 Å². The van der Waals surface area contributed by atoms with E-state index in [1.54, 1.807) is 0 Å². The molecule has 4 heteroatoms. The van der Waals surface area contributed by atoms with E-state index in [0.29, 0.717) is 12.5 Å². The second kappa shape index (κ2) is 8.57. The minimum atomic E-state index is 0.601. The van der Waals surface area contributed by atoms with Crippen molar-refractivity contribution in [1.82, 2.24) is 9.55 Å². The summed E-state index contributed by atoms with van der Waals surface area (Å²) >= 11 is 6.26. The van der Waals surface area contributed by atoms with E-state index in [9.17, 15) is 0 Å². The summed E-state index contributed by atoms with van der Waals surface area (Å²) in [5.41, 5.74) is 4.50. The smallest absolute Gasteiger partial charge is 0.119 e. The van der Waals surface area contributed by atoms with Gasteiger partial charge in [-0.3, -0.25) is 0 Å². The number of rotatable bonds is 6. The molecule has 4 rings (SSSR count). The van der Waals surface area contributed by atoms with Crippen LogP contribution in [0.3, 0.4) is 0 Å². The van der Waals surface area contributed by atoms with Gasteiger partial charge in [0.2, 0.25) is 0 Å². The van der Waals surface area contributed by atoms with Crippen LogP contribution in [0.4, 0.5) is 0 Å². The average molecular weight is 397 g/mol. The van der Waals surface area contributed by atoms with Crippen LogP contribution < -0.4 is 4.74 Å². The lowest BCUT2D eigenvalue weighted by Crippen LogP contribution is -2.14. The molecule has 1 aliphatic carbocycles. The topological polar surface area (TPSA) is 27.1 Å². The number of nitrogens with zero attached hydrogens (tertiary/aromatic N) is 2. The number of ether oxygens (including phenoxy) is 1. The Kier molecular flexibility index (Phi) is 5.91. The second-order valence-electron chi connectivity index (χ2n) is 8.02. The van der Waals surface area contributed by atoms with E-state index in [4.69, 9.17) is 21.3 Å². The Hall–Kier alpha value is -2.00. The van der Waals surface area contributed by atoms with Gasteiger partial charge in [0.25, 0.3) is 0 Å². The van der Waals surface area contributed by atoms with E-state index >= 15 is 0 Å². The zero-order valence-corrected chi connectivity index (χ0v) is 17.6. The highest BCUT2D eigenvalue weighted by Crippen LogP contribution is 2.34. The molecule has 0 spiro atoms. The third-order valence-corrected chi connectivity index (χ3v) is 6.46. The third kappa shape index (κ3) is 4.05. The quantitative estimate of drug-likeness (QED) is 0.427. The zero-order chi connectivity index (χ0) is 19.5. The Morgan fingerprint density at radius 1 is 1.07 bits per heavy atom. The van der Waals surface area contributed by atoms with Crippen LogP contribution in [0.15, 0.2) is 36.4 Å². The molecule has 0 atom stereocenters. The molecular formula is C24H29ClN2O. The Morgan fingerprint density at radius 3 is 2.54 bits per heavy atom. The minimum absolute atomic E-state index is 0.601. The molecule has 0 radical (unpaired) electrons. The number of benzene rings is 2. The van der Waals surface area contributed by atoms with Gasteiger partial charge in [-0.1, -0.05) is 43.0 Å². The molecule has 28 heavy (non-hydrogen) atoms. The molecule has 1 saturated carbocycles. The van der Waals surface area contributed by atoms with E-state index in [2.05, 4.69) is 28.8 Å².